The lowest BCUT2D eigenvalue weighted by molar-refractivity contribution is -0.139. The maximum Gasteiger partial charge on any atom is 0.253 e. The third-order valence-corrected chi connectivity index (χ3v) is 2.69. The molecule has 0 aromatic carbocycles. The fraction of sp³-hybridized carbons (Fsp3) is 0.500. The molecule has 2 heterocycles. The van der Waals surface area contributed by atoms with Crippen molar-refractivity contribution in [2.24, 2.45) is 0 Å². The molecule has 6 heteroatoms. The van der Waals surface area contributed by atoms with E-state index in [1.165, 1.54) is 22.0 Å². The van der Waals surface area contributed by atoms with Gasteiger partial charge in [0.2, 0.25) is 11.8 Å². The number of hydrogen-bond donors (Lipinski definition) is 0. The Labute approximate surface area is 105 Å². The molecule has 0 aromatic heterocycles. The Morgan fingerprint density at radius 3 is 1.44 bits per heavy atom. The van der Waals surface area contributed by atoms with Crippen LogP contribution in [0.1, 0.15) is 26.7 Å². The second-order valence-electron chi connectivity index (χ2n) is 3.79. The van der Waals surface area contributed by atoms with Gasteiger partial charge in [-0.2, -0.15) is 0 Å². The maximum atomic E-state index is 10.7. The van der Waals surface area contributed by atoms with Crippen LogP contribution < -0.4 is 0 Å². The molecule has 4 amide bonds. The number of carbonyl (C=O) groups excluding carboxylic acids is 4. The Balaban J connectivity index is 0.000000180. The number of hydrogen-bond acceptors (Lipinski definition) is 4. The number of carbonyl (C=O) groups is 4. The molecular weight excluding hydrogens is 236 g/mol. The first-order chi connectivity index (χ1) is 8.51. The van der Waals surface area contributed by atoms with Crippen molar-refractivity contribution in [2.45, 2.75) is 26.7 Å². The van der Waals surface area contributed by atoms with Gasteiger partial charge in [-0.3, -0.25) is 29.0 Å². The van der Waals surface area contributed by atoms with Crippen LogP contribution in [0.15, 0.2) is 12.2 Å². The van der Waals surface area contributed by atoms with Crippen LogP contribution in [0.2, 0.25) is 0 Å². The smallest absolute Gasteiger partial charge is 0.253 e. The zero-order chi connectivity index (χ0) is 13.7. The summed E-state index contributed by atoms with van der Waals surface area (Å²) in [5.41, 5.74) is 0. The highest BCUT2D eigenvalue weighted by molar-refractivity contribution is 6.12. The molecule has 0 spiro atoms. The minimum absolute atomic E-state index is 0.0255. The molecule has 0 aromatic rings. The summed E-state index contributed by atoms with van der Waals surface area (Å²) in [6, 6.07) is 0. The van der Waals surface area contributed by atoms with Gasteiger partial charge in [-0.1, -0.05) is 0 Å². The molecule has 2 aliphatic rings. The fourth-order valence-corrected chi connectivity index (χ4v) is 1.72. The second-order valence-corrected chi connectivity index (χ2v) is 3.79. The molecule has 98 valence electrons. The monoisotopic (exact) mass is 252 g/mol. The Morgan fingerprint density at radius 2 is 1.22 bits per heavy atom. The van der Waals surface area contributed by atoms with Crippen LogP contribution in [0.5, 0.6) is 0 Å². The van der Waals surface area contributed by atoms with Gasteiger partial charge in [0.25, 0.3) is 11.8 Å². The molecule has 0 bridgehead atoms. The second kappa shape index (κ2) is 6.09. The van der Waals surface area contributed by atoms with Crippen molar-refractivity contribution in [3.63, 3.8) is 0 Å². The molecular formula is C12H16N2O4. The lowest BCUT2D eigenvalue weighted by atomic mass is 10.4. The van der Waals surface area contributed by atoms with Crippen molar-refractivity contribution >= 4 is 23.6 Å². The van der Waals surface area contributed by atoms with Gasteiger partial charge in [-0.25, -0.2) is 0 Å². The summed E-state index contributed by atoms with van der Waals surface area (Å²) in [5.74, 6) is -0.463. The van der Waals surface area contributed by atoms with Crippen LogP contribution in [0.4, 0.5) is 0 Å². The average molecular weight is 252 g/mol. The topological polar surface area (TPSA) is 74.8 Å². The molecule has 2 rings (SSSR count). The molecule has 0 radical (unpaired) electrons. The normalized spacial score (nSPS) is 18.6. The number of imide groups is 2. The van der Waals surface area contributed by atoms with Crippen LogP contribution in [0, 0.1) is 0 Å². The van der Waals surface area contributed by atoms with Crippen LogP contribution in [-0.2, 0) is 19.2 Å². The Morgan fingerprint density at radius 1 is 0.833 bits per heavy atom. The molecule has 6 nitrogen and oxygen atoms in total. The predicted molar refractivity (Wildman–Crippen MR) is 63.2 cm³/mol. The van der Waals surface area contributed by atoms with Crippen molar-refractivity contribution < 1.29 is 19.2 Å². The van der Waals surface area contributed by atoms with Gasteiger partial charge in [0.05, 0.1) is 0 Å². The van der Waals surface area contributed by atoms with E-state index in [0.29, 0.717) is 25.9 Å². The molecule has 0 atom stereocenters. The number of nitrogens with zero attached hydrogens (tertiary/aromatic N) is 2. The molecule has 1 saturated heterocycles. The first-order valence-electron chi connectivity index (χ1n) is 5.88. The van der Waals surface area contributed by atoms with E-state index < -0.39 is 0 Å². The van der Waals surface area contributed by atoms with Gasteiger partial charge in [-0.05, 0) is 13.8 Å². The summed E-state index contributed by atoms with van der Waals surface area (Å²) in [6.07, 6.45) is 3.39. The minimum atomic E-state index is -0.206. The highest BCUT2D eigenvalue weighted by atomic mass is 16.2. The molecule has 2 aliphatic heterocycles. The van der Waals surface area contributed by atoms with Crippen molar-refractivity contribution in [2.75, 3.05) is 13.1 Å². The lowest BCUT2D eigenvalue weighted by Crippen LogP contribution is -2.29. The van der Waals surface area contributed by atoms with Crippen molar-refractivity contribution in [3.8, 4) is 0 Å². The van der Waals surface area contributed by atoms with Gasteiger partial charge in [0.15, 0.2) is 0 Å². The van der Waals surface area contributed by atoms with E-state index in [1.807, 2.05) is 0 Å². The van der Waals surface area contributed by atoms with Gasteiger partial charge < -0.3 is 0 Å². The number of rotatable bonds is 2. The Bertz CT molecular complexity index is 378. The van der Waals surface area contributed by atoms with E-state index in [1.54, 1.807) is 13.8 Å². The Hall–Kier alpha value is -1.98. The summed E-state index contributed by atoms with van der Waals surface area (Å²) in [5, 5.41) is 0. The number of likely N-dealkylation sites (tertiary alicyclic amines) is 1. The molecule has 0 unspecified atom stereocenters. The molecule has 0 saturated carbocycles. The van der Waals surface area contributed by atoms with E-state index in [9.17, 15) is 19.2 Å². The van der Waals surface area contributed by atoms with E-state index >= 15 is 0 Å². The Kier molecular flexibility index (Phi) is 4.76. The van der Waals surface area contributed by atoms with Crippen LogP contribution in [-0.4, -0.2) is 46.5 Å². The zero-order valence-electron chi connectivity index (χ0n) is 10.5. The van der Waals surface area contributed by atoms with Gasteiger partial charge in [-0.15, -0.1) is 0 Å². The van der Waals surface area contributed by atoms with Crippen LogP contribution >= 0.6 is 0 Å². The lowest BCUT2D eigenvalue weighted by Gasteiger charge is -2.08. The summed E-state index contributed by atoms with van der Waals surface area (Å²) < 4.78 is 0. The highest BCUT2D eigenvalue weighted by Crippen LogP contribution is 2.09. The quantitative estimate of drug-likeness (QED) is 0.653. The predicted octanol–water partition coefficient (Wildman–Crippen LogP) is 0.0866. The van der Waals surface area contributed by atoms with Gasteiger partial charge >= 0.3 is 0 Å². The number of likely N-dealkylation sites (N-methyl/N-ethyl adjacent to an activating group) is 1. The largest absolute Gasteiger partial charge is 0.283 e. The minimum Gasteiger partial charge on any atom is -0.283 e. The fourth-order valence-electron chi connectivity index (χ4n) is 1.72. The van der Waals surface area contributed by atoms with E-state index in [-0.39, 0.29) is 23.6 Å². The summed E-state index contributed by atoms with van der Waals surface area (Å²) in [4.78, 5) is 45.2. The third-order valence-electron chi connectivity index (χ3n) is 2.69. The molecule has 0 aliphatic carbocycles. The average Bonchev–Trinajstić information content (AvgIpc) is 2.83. The SMILES string of the molecule is CCN1C(=O)C=CC1=O.CCN1C(=O)CCC1=O. The van der Waals surface area contributed by atoms with Crippen molar-refractivity contribution in [1.82, 2.24) is 9.80 Å². The summed E-state index contributed by atoms with van der Waals surface area (Å²) >= 11 is 0. The van der Waals surface area contributed by atoms with E-state index in [2.05, 4.69) is 0 Å². The third kappa shape index (κ3) is 3.03. The zero-order valence-corrected chi connectivity index (χ0v) is 10.5. The van der Waals surface area contributed by atoms with Gasteiger partial charge in [0, 0.05) is 38.1 Å². The summed E-state index contributed by atoms with van der Waals surface area (Å²) in [6.45, 7) is 4.56. The molecule has 0 N–H and O–H groups in total. The summed E-state index contributed by atoms with van der Waals surface area (Å²) in [7, 11) is 0. The van der Waals surface area contributed by atoms with Crippen LogP contribution in [0.25, 0.3) is 0 Å². The van der Waals surface area contributed by atoms with Crippen LogP contribution in [0.3, 0.4) is 0 Å². The van der Waals surface area contributed by atoms with Crippen molar-refractivity contribution in [3.05, 3.63) is 12.2 Å². The molecule has 1 fully saturated rings. The molecule has 18 heavy (non-hydrogen) atoms. The standard InChI is InChI=1S/C6H9NO2.C6H7NO2/c2*1-2-7-5(8)3-4-6(7)9/h2-4H2,1H3;3-4H,2H2,1H3. The van der Waals surface area contributed by atoms with E-state index in [4.69, 9.17) is 0 Å². The first-order valence-corrected chi connectivity index (χ1v) is 5.88. The maximum absolute atomic E-state index is 10.7. The van der Waals surface area contributed by atoms with E-state index in [0.717, 1.165) is 0 Å². The highest BCUT2D eigenvalue weighted by Gasteiger charge is 2.26. The number of amides is 4. The van der Waals surface area contributed by atoms with Crippen molar-refractivity contribution in [1.29, 1.82) is 0 Å². The first kappa shape index (κ1) is 14.1. The van der Waals surface area contributed by atoms with Gasteiger partial charge in [0.1, 0.15) is 0 Å².